The average molecular weight is 218 g/mol. The number of rotatable bonds is 1. The first kappa shape index (κ1) is 8.46. The summed E-state index contributed by atoms with van der Waals surface area (Å²) in [5, 5.41) is 10.3. The zero-order valence-corrected chi connectivity index (χ0v) is 7.67. The van der Waals surface area contributed by atoms with Crippen molar-refractivity contribution in [2.45, 2.75) is 17.7 Å². The van der Waals surface area contributed by atoms with E-state index in [4.69, 9.17) is 0 Å². The van der Waals surface area contributed by atoms with Crippen LogP contribution in [0.1, 0.15) is 13.3 Å². The second-order valence-electron chi connectivity index (χ2n) is 2.71. The van der Waals surface area contributed by atoms with E-state index < -0.39 is 0 Å². The molecule has 0 spiro atoms. The van der Waals surface area contributed by atoms with Crippen LogP contribution in [0.4, 0.5) is 0 Å². The number of hydrogen-bond acceptors (Lipinski definition) is 2. The second-order valence-corrected chi connectivity index (χ2v) is 4.52. The molecule has 60 valence electrons. The van der Waals surface area contributed by atoms with Crippen molar-refractivity contribution in [2.24, 2.45) is 0 Å². The first-order valence-electron chi connectivity index (χ1n) is 3.24. The molecule has 1 aliphatic rings. The predicted molar refractivity (Wildman–Crippen MR) is 46.2 cm³/mol. The molecule has 0 heterocycles. The van der Waals surface area contributed by atoms with Gasteiger partial charge in [-0.3, -0.25) is 10.1 Å². The molecule has 0 saturated carbocycles. The highest BCUT2D eigenvalue weighted by atomic mass is 79.9. The van der Waals surface area contributed by atoms with Crippen LogP contribution in [0.2, 0.25) is 0 Å². The minimum atomic E-state index is -0.380. The third-order valence-corrected chi connectivity index (χ3v) is 2.02. The summed E-state index contributed by atoms with van der Waals surface area (Å²) < 4.78 is -0.246. The first-order chi connectivity index (χ1) is 5.01. The van der Waals surface area contributed by atoms with E-state index in [0.29, 0.717) is 0 Å². The molecule has 4 heteroatoms. The molecule has 1 atom stereocenters. The predicted octanol–water partition coefficient (Wildman–Crippen LogP) is 2.26. The van der Waals surface area contributed by atoms with Crippen LogP contribution < -0.4 is 0 Å². The van der Waals surface area contributed by atoms with Gasteiger partial charge >= 0.3 is 0 Å². The van der Waals surface area contributed by atoms with Gasteiger partial charge in [0, 0.05) is 12.2 Å². The zero-order valence-electron chi connectivity index (χ0n) is 6.08. The Morgan fingerprint density at radius 3 is 2.82 bits per heavy atom. The molecule has 1 rings (SSSR count). The molecule has 1 unspecified atom stereocenters. The monoisotopic (exact) mass is 217 g/mol. The van der Waals surface area contributed by atoms with Gasteiger partial charge in [-0.15, -0.1) is 0 Å². The highest BCUT2D eigenvalue weighted by Gasteiger charge is 2.23. The van der Waals surface area contributed by atoms with Crippen LogP contribution in [0, 0.1) is 10.1 Å². The van der Waals surface area contributed by atoms with E-state index in [0.717, 1.165) is 6.42 Å². The Morgan fingerprint density at radius 2 is 2.45 bits per heavy atom. The first-order valence-corrected chi connectivity index (χ1v) is 4.03. The molecule has 0 aromatic rings. The lowest BCUT2D eigenvalue weighted by Crippen LogP contribution is -2.16. The van der Waals surface area contributed by atoms with Crippen LogP contribution in [0.3, 0.4) is 0 Å². The normalized spacial score (nSPS) is 29.8. The molecule has 0 aliphatic heterocycles. The molecule has 3 nitrogen and oxygen atoms in total. The van der Waals surface area contributed by atoms with Crippen molar-refractivity contribution >= 4 is 15.9 Å². The summed E-state index contributed by atoms with van der Waals surface area (Å²) >= 11 is 3.37. The lowest BCUT2D eigenvalue weighted by molar-refractivity contribution is -0.419. The fourth-order valence-corrected chi connectivity index (χ4v) is 1.36. The van der Waals surface area contributed by atoms with Crippen molar-refractivity contribution in [3.63, 3.8) is 0 Å². The number of nitro groups is 1. The summed E-state index contributed by atoms with van der Waals surface area (Å²) in [6.45, 7) is 1.90. The Hall–Kier alpha value is -0.640. The van der Waals surface area contributed by atoms with E-state index in [9.17, 15) is 10.1 Å². The van der Waals surface area contributed by atoms with E-state index in [1.165, 1.54) is 6.08 Å². The Balaban J connectivity index is 2.89. The highest BCUT2D eigenvalue weighted by molar-refractivity contribution is 9.10. The van der Waals surface area contributed by atoms with Crippen LogP contribution in [0.25, 0.3) is 0 Å². The zero-order chi connectivity index (χ0) is 8.48. The van der Waals surface area contributed by atoms with Crippen LogP contribution in [-0.2, 0) is 0 Å². The second kappa shape index (κ2) is 2.77. The van der Waals surface area contributed by atoms with Crippen molar-refractivity contribution in [1.29, 1.82) is 0 Å². The Morgan fingerprint density at radius 1 is 1.82 bits per heavy atom. The molecule has 0 saturated heterocycles. The van der Waals surface area contributed by atoms with Gasteiger partial charge in [0.1, 0.15) is 0 Å². The lowest BCUT2D eigenvalue weighted by Gasteiger charge is -2.17. The van der Waals surface area contributed by atoms with Crippen molar-refractivity contribution < 1.29 is 4.92 Å². The van der Waals surface area contributed by atoms with Crippen LogP contribution in [0.15, 0.2) is 23.9 Å². The van der Waals surface area contributed by atoms with Gasteiger partial charge in [0.25, 0.3) is 5.70 Å². The van der Waals surface area contributed by atoms with E-state index in [1.54, 1.807) is 12.2 Å². The van der Waals surface area contributed by atoms with Crippen LogP contribution >= 0.6 is 15.9 Å². The summed E-state index contributed by atoms with van der Waals surface area (Å²) in [6.07, 6.45) is 5.74. The van der Waals surface area contributed by atoms with Gasteiger partial charge in [-0.1, -0.05) is 22.0 Å². The topological polar surface area (TPSA) is 43.1 Å². The Bertz CT molecular complexity index is 243. The van der Waals surface area contributed by atoms with Crippen molar-refractivity contribution in [3.05, 3.63) is 34.0 Å². The van der Waals surface area contributed by atoms with Crippen LogP contribution in [0.5, 0.6) is 0 Å². The van der Waals surface area contributed by atoms with E-state index in [-0.39, 0.29) is 14.9 Å². The number of halogens is 1. The van der Waals surface area contributed by atoms with Gasteiger partial charge in [-0.2, -0.15) is 0 Å². The summed E-state index contributed by atoms with van der Waals surface area (Å²) in [4.78, 5) is 9.93. The van der Waals surface area contributed by atoms with Crippen molar-refractivity contribution in [3.8, 4) is 0 Å². The molecule has 0 aromatic carbocycles. The SMILES string of the molecule is CC1(Br)C=C([N+](=O)[O-])C=CC1. The van der Waals surface area contributed by atoms with Crippen LogP contribution in [-0.4, -0.2) is 9.25 Å². The summed E-state index contributed by atoms with van der Waals surface area (Å²) in [6, 6.07) is 0. The third-order valence-electron chi connectivity index (χ3n) is 1.47. The quantitative estimate of drug-likeness (QED) is 0.385. The fourth-order valence-electron chi connectivity index (χ4n) is 0.939. The molecular weight excluding hydrogens is 210 g/mol. The summed E-state index contributed by atoms with van der Waals surface area (Å²) in [5.41, 5.74) is 0.163. The molecule has 0 bridgehead atoms. The standard InChI is InChI=1S/C7H8BrNO2/c1-7(8)4-2-3-6(5-7)9(10)11/h2-3,5H,4H2,1H3. The number of allylic oxidation sites excluding steroid dienone is 3. The van der Waals surface area contributed by atoms with Gasteiger partial charge in [0.05, 0.1) is 9.25 Å². The maximum absolute atomic E-state index is 10.3. The average Bonchev–Trinajstić information content (AvgIpc) is 1.85. The molecule has 0 radical (unpaired) electrons. The molecular formula is C7H8BrNO2. The molecule has 0 N–H and O–H groups in total. The molecule has 0 fully saturated rings. The minimum Gasteiger partial charge on any atom is -0.258 e. The number of hydrogen-bond donors (Lipinski definition) is 0. The number of nitrogens with zero attached hydrogens (tertiary/aromatic N) is 1. The Kier molecular flexibility index (Phi) is 2.13. The van der Waals surface area contributed by atoms with Gasteiger partial charge in [-0.05, 0) is 13.3 Å². The largest absolute Gasteiger partial charge is 0.266 e. The molecule has 1 aliphatic carbocycles. The molecule has 0 aromatic heterocycles. The lowest BCUT2D eigenvalue weighted by atomic mass is 10.0. The van der Waals surface area contributed by atoms with E-state index in [2.05, 4.69) is 15.9 Å². The third kappa shape index (κ3) is 2.15. The van der Waals surface area contributed by atoms with Crippen molar-refractivity contribution in [1.82, 2.24) is 0 Å². The Labute approximate surface area is 73.1 Å². The van der Waals surface area contributed by atoms with Gasteiger partial charge in [0.15, 0.2) is 0 Å². The highest BCUT2D eigenvalue weighted by Crippen LogP contribution is 2.29. The van der Waals surface area contributed by atoms with Gasteiger partial charge in [0.2, 0.25) is 0 Å². The summed E-state index contributed by atoms with van der Waals surface area (Å²) in [5.74, 6) is 0. The maximum atomic E-state index is 10.3. The van der Waals surface area contributed by atoms with Crippen molar-refractivity contribution in [2.75, 3.05) is 0 Å². The van der Waals surface area contributed by atoms with E-state index in [1.807, 2.05) is 6.92 Å². The molecule has 11 heavy (non-hydrogen) atoms. The minimum absolute atomic E-state index is 0.163. The maximum Gasteiger partial charge on any atom is 0.266 e. The van der Waals surface area contributed by atoms with E-state index >= 15 is 0 Å². The molecule has 0 amide bonds. The van der Waals surface area contributed by atoms with Gasteiger partial charge < -0.3 is 0 Å². The smallest absolute Gasteiger partial charge is 0.258 e. The van der Waals surface area contributed by atoms with Gasteiger partial charge in [-0.25, -0.2) is 0 Å². The fraction of sp³-hybridized carbons (Fsp3) is 0.429. The summed E-state index contributed by atoms with van der Waals surface area (Å²) in [7, 11) is 0. The number of alkyl halides is 1.